The molecular weight excluding hydrogens is 536 g/mol. The highest BCUT2D eigenvalue weighted by Crippen LogP contribution is 2.31. The molecule has 222 valence electrons. The molecule has 3 heterocycles. The fourth-order valence-corrected chi connectivity index (χ4v) is 4.33. The number of hydrogen-bond acceptors (Lipinski definition) is 10. The monoisotopic (exact) mass is 574 g/mol. The third-order valence-electron chi connectivity index (χ3n) is 6.39. The van der Waals surface area contributed by atoms with Gasteiger partial charge in [0.1, 0.15) is 5.82 Å². The van der Waals surface area contributed by atoms with E-state index in [9.17, 15) is 9.59 Å². The van der Waals surface area contributed by atoms with Crippen molar-refractivity contribution >= 4 is 17.6 Å². The lowest BCUT2D eigenvalue weighted by molar-refractivity contribution is -0.119. The van der Waals surface area contributed by atoms with Crippen LogP contribution in [0.4, 0.5) is 5.82 Å². The highest BCUT2D eigenvalue weighted by molar-refractivity contribution is 5.91. The van der Waals surface area contributed by atoms with Crippen LogP contribution in [0.5, 0.6) is 11.8 Å². The second-order valence-electron chi connectivity index (χ2n) is 9.55. The topological polar surface area (TPSA) is 180 Å². The van der Waals surface area contributed by atoms with Gasteiger partial charge in [-0.2, -0.15) is 5.10 Å². The van der Waals surface area contributed by atoms with E-state index in [1.54, 1.807) is 43.8 Å². The fourth-order valence-electron chi connectivity index (χ4n) is 4.33. The zero-order valence-electron chi connectivity index (χ0n) is 24.0. The van der Waals surface area contributed by atoms with E-state index in [1.807, 2.05) is 12.1 Å². The van der Waals surface area contributed by atoms with Crippen LogP contribution in [0, 0.1) is 0 Å². The molecule has 2 amide bonds. The number of methoxy groups -OCH3 is 2. The molecule has 6 N–H and O–H groups in total. The van der Waals surface area contributed by atoms with E-state index in [1.165, 1.54) is 57.6 Å². The summed E-state index contributed by atoms with van der Waals surface area (Å²) in [5.74, 6) is 1.85. The number of aromatic nitrogens is 4. The molecule has 1 saturated carbocycles. The Hall–Kier alpha value is -5.00. The fraction of sp³-hybridized carbons (Fsp3) is 0.333. The van der Waals surface area contributed by atoms with E-state index in [4.69, 9.17) is 20.9 Å². The maximum Gasteiger partial charge on any atom is 0.229 e. The molecule has 42 heavy (non-hydrogen) atoms. The van der Waals surface area contributed by atoms with Crippen LogP contribution in [0.25, 0.3) is 0 Å². The van der Waals surface area contributed by atoms with Gasteiger partial charge in [-0.05, 0) is 66.6 Å². The predicted molar refractivity (Wildman–Crippen MR) is 159 cm³/mol. The number of nitrogens with two attached hydrogens (primary N) is 2. The van der Waals surface area contributed by atoms with Crippen molar-refractivity contribution in [3.05, 3.63) is 89.8 Å². The van der Waals surface area contributed by atoms with Crippen LogP contribution < -0.4 is 31.6 Å². The molecule has 0 unspecified atom stereocenters. The van der Waals surface area contributed by atoms with Gasteiger partial charge in [-0.15, -0.1) is 5.10 Å². The van der Waals surface area contributed by atoms with Crippen molar-refractivity contribution in [2.24, 2.45) is 11.5 Å². The summed E-state index contributed by atoms with van der Waals surface area (Å²) in [6.07, 6.45) is 14.2. The van der Waals surface area contributed by atoms with Crippen LogP contribution in [0.2, 0.25) is 0 Å². The van der Waals surface area contributed by atoms with Gasteiger partial charge in [-0.1, -0.05) is 19.3 Å². The Bertz CT molecular complexity index is 1360. The predicted octanol–water partition coefficient (Wildman–Crippen LogP) is 3.13. The van der Waals surface area contributed by atoms with Crippen LogP contribution in [0.3, 0.4) is 0 Å². The van der Waals surface area contributed by atoms with Gasteiger partial charge < -0.3 is 31.6 Å². The number of amides is 2. The Balaban J connectivity index is 0.000000241. The number of hydrogen-bond donors (Lipinski definition) is 4. The van der Waals surface area contributed by atoms with Crippen LogP contribution >= 0.6 is 0 Å². The zero-order chi connectivity index (χ0) is 30.2. The summed E-state index contributed by atoms with van der Waals surface area (Å²) in [6.45, 7) is 0. The van der Waals surface area contributed by atoms with Gasteiger partial charge in [0.05, 0.1) is 32.8 Å². The molecule has 0 aliphatic heterocycles. The molecule has 0 aromatic carbocycles. The first-order chi connectivity index (χ1) is 20.4. The van der Waals surface area contributed by atoms with E-state index in [0.717, 1.165) is 16.8 Å². The van der Waals surface area contributed by atoms with Crippen molar-refractivity contribution in [1.82, 2.24) is 25.5 Å². The van der Waals surface area contributed by atoms with Crippen molar-refractivity contribution in [2.45, 2.75) is 50.9 Å². The summed E-state index contributed by atoms with van der Waals surface area (Å²) in [7, 11) is 3.07. The van der Waals surface area contributed by atoms with Crippen molar-refractivity contribution in [2.75, 3.05) is 19.5 Å². The summed E-state index contributed by atoms with van der Waals surface area (Å²) in [5, 5.41) is 13.8. The van der Waals surface area contributed by atoms with E-state index >= 15 is 0 Å². The van der Waals surface area contributed by atoms with Crippen LogP contribution in [0.15, 0.2) is 73.0 Å². The Morgan fingerprint density at radius 1 is 0.905 bits per heavy atom. The van der Waals surface area contributed by atoms with E-state index < -0.39 is 0 Å². The van der Waals surface area contributed by atoms with Crippen molar-refractivity contribution in [1.29, 1.82) is 0 Å². The summed E-state index contributed by atoms with van der Waals surface area (Å²) >= 11 is 0. The molecule has 12 nitrogen and oxygen atoms in total. The molecule has 1 fully saturated rings. The lowest BCUT2D eigenvalue weighted by atomic mass is 9.87. The number of carbonyl (C=O) groups excluding carboxylic acids is 2. The standard InChI is InChI=1S/C18H22N4O2.C12H16N4O2/c1-24-18-12-13(9-10-19-18)11-17(23)20-16-8-7-15(21-22-16)14-5-3-2-4-6-14;1-18-12-8-9(4-6-15-12)7-11(17)16-10(14)3-2-5-13/h7-10,12,14H,2-6,11H2,1H3,(H,20,22,23);2-6,8H,7,13-14H2,1H3,(H,16,17)/b;5-2-,10-3+. The largest absolute Gasteiger partial charge is 0.481 e. The molecule has 12 heteroatoms. The first kappa shape index (κ1) is 31.5. The number of nitrogens with one attached hydrogen (secondary N) is 2. The molecule has 1 aliphatic carbocycles. The second-order valence-corrected chi connectivity index (χ2v) is 9.55. The summed E-state index contributed by atoms with van der Waals surface area (Å²) in [5.41, 5.74) is 13.4. The number of pyridine rings is 2. The highest BCUT2D eigenvalue weighted by atomic mass is 16.5. The first-order valence-corrected chi connectivity index (χ1v) is 13.6. The normalized spacial score (nSPS) is 13.5. The number of rotatable bonds is 10. The van der Waals surface area contributed by atoms with Gasteiger partial charge >= 0.3 is 0 Å². The summed E-state index contributed by atoms with van der Waals surface area (Å²) in [4.78, 5) is 31.7. The van der Waals surface area contributed by atoms with Crippen molar-refractivity contribution < 1.29 is 19.1 Å². The van der Waals surface area contributed by atoms with Gasteiger partial charge in [0, 0.05) is 30.4 Å². The van der Waals surface area contributed by atoms with Gasteiger partial charge in [0.2, 0.25) is 23.6 Å². The van der Waals surface area contributed by atoms with Gasteiger partial charge in [0.25, 0.3) is 0 Å². The smallest absolute Gasteiger partial charge is 0.229 e. The number of anilines is 1. The van der Waals surface area contributed by atoms with Crippen LogP contribution in [-0.2, 0) is 22.4 Å². The lowest BCUT2D eigenvalue weighted by Crippen LogP contribution is -2.28. The third kappa shape index (κ3) is 10.9. The minimum atomic E-state index is -0.220. The molecule has 0 saturated heterocycles. The van der Waals surface area contributed by atoms with E-state index in [-0.39, 0.29) is 30.5 Å². The van der Waals surface area contributed by atoms with E-state index in [0.29, 0.717) is 23.5 Å². The van der Waals surface area contributed by atoms with Crippen molar-refractivity contribution in [3.63, 3.8) is 0 Å². The summed E-state index contributed by atoms with van der Waals surface area (Å²) < 4.78 is 10.0. The summed E-state index contributed by atoms with van der Waals surface area (Å²) in [6, 6.07) is 10.8. The maximum absolute atomic E-state index is 12.1. The molecule has 3 aromatic rings. The number of carbonyl (C=O) groups is 2. The molecule has 4 rings (SSSR count). The Kier molecular flexibility index (Phi) is 12.7. The van der Waals surface area contributed by atoms with Gasteiger partial charge in [-0.3, -0.25) is 9.59 Å². The second kappa shape index (κ2) is 17.0. The minimum Gasteiger partial charge on any atom is -0.481 e. The molecular formula is C30H38N8O4. The maximum atomic E-state index is 12.1. The Morgan fingerprint density at radius 2 is 1.52 bits per heavy atom. The lowest BCUT2D eigenvalue weighted by Gasteiger charge is -2.20. The molecule has 0 radical (unpaired) electrons. The molecule has 0 atom stereocenters. The average Bonchev–Trinajstić information content (AvgIpc) is 3.01. The van der Waals surface area contributed by atoms with Gasteiger partial charge in [0.15, 0.2) is 5.82 Å². The Labute approximate surface area is 245 Å². The number of ether oxygens (including phenoxy) is 2. The van der Waals surface area contributed by atoms with E-state index in [2.05, 4.69) is 30.8 Å². The SMILES string of the molecule is COc1cc(CC(=O)N/C(N)=C/C=C\N)ccn1.COc1cc(CC(=O)Nc2ccc(C3CCCCC3)nn2)ccn1. The molecule has 0 spiro atoms. The van der Waals surface area contributed by atoms with Crippen LogP contribution in [0.1, 0.15) is 54.8 Å². The van der Waals surface area contributed by atoms with Crippen molar-refractivity contribution in [3.8, 4) is 11.8 Å². The van der Waals surface area contributed by atoms with Crippen LogP contribution in [-0.4, -0.2) is 46.2 Å². The minimum absolute atomic E-state index is 0.136. The molecule has 1 aliphatic rings. The van der Waals surface area contributed by atoms with Gasteiger partial charge in [-0.25, -0.2) is 9.97 Å². The zero-order valence-corrected chi connectivity index (χ0v) is 24.0. The average molecular weight is 575 g/mol. The molecule has 3 aromatic heterocycles. The number of allylic oxidation sites excluding steroid dienone is 2. The third-order valence-corrected chi connectivity index (χ3v) is 6.39. The quantitative estimate of drug-likeness (QED) is 0.263. The Morgan fingerprint density at radius 3 is 2.07 bits per heavy atom. The highest BCUT2D eigenvalue weighted by Gasteiger charge is 2.17. The molecule has 0 bridgehead atoms. The first-order valence-electron chi connectivity index (χ1n) is 13.6. The number of nitrogens with zero attached hydrogens (tertiary/aromatic N) is 4.